The molecule has 0 unspecified atom stereocenters. The maximum atomic E-state index is 10.5. The zero-order valence-electron chi connectivity index (χ0n) is 7.96. The molecule has 2 aromatic rings. The Bertz CT molecular complexity index is 512. The van der Waals surface area contributed by atoms with E-state index in [0.717, 1.165) is 16.1 Å². The van der Waals surface area contributed by atoms with Crippen molar-refractivity contribution in [1.82, 2.24) is 9.59 Å². The number of hydrogen-bond donors (Lipinski definition) is 0. The Balaban J connectivity index is 2.38. The van der Waals surface area contributed by atoms with E-state index in [1.54, 1.807) is 12.1 Å². The van der Waals surface area contributed by atoms with Crippen LogP contribution in [0, 0.1) is 10.1 Å². The van der Waals surface area contributed by atoms with Gasteiger partial charge in [0.25, 0.3) is 5.69 Å². The molecule has 1 heterocycles. The number of halogens is 1. The molecule has 2 rings (SSSR count). The third kappa shape index (κ3) is 2.10. The summed E-state index contributed by atoms with van der Waals surface area (Å²) >= 11 is 4.66. The molecule has 1 aromatic heterocycles. The van der Waals surface area contributed by atoms with Gasteiger partial charge in [-0.05, 0) is 23.7 Å². The second-order valence-electron chi connectivity index (χ2n) is 2.98. The lowest BCUT2D eigenvalue weighted by Gasteiger charge is -1.97. The number of rotatable bonds is 3. The number of nitrogens with zero attached hydrogens (tertiary/aromatic N) is 3. The first-order valence-electron chi connectivity index (χ1n) is 4.34. The van der Waals surface area contributed by atoms with Gasteiger partial charge in [0.15, 0.2) is 0 Å². The van der Waals surface area contributed by atoms with Crippen molar-refractivity contribution in [3.05, 3.63) is 39.3 Å². The number of nitro benzene ring substituents is 1. The van der Waals surface area contributed by atoms with Crippen LogP contribution in [0.25, 0.3) is 11.3 Å². The number of benzene rings is 1. The first-order chi connectivity index (χ1) is 7.72. The van der Waals surface area contributed by atoms with Crippen LogP contribution >= 0.6 is 27.5 Å². The average Bonchev–Trinajstić information content (AvgIpc) is 2.77. The molecule has 0 saturated carbocycles. The van der Waals surface area contributed by atoms with Crippen LogP contribution in [0.1, 0.15) is 4.88 Å². The molecule has 0 saturated heterocycles. The van der Waals surface area contributed by atoms with Crippen LogP contribution in [0.2, 0.25) is 0 Å². The second kappa shape index (κ2) is 4.67. The first kappa shape index (κ1) is 11.2. The molecule has 0 spiro atoms. The lowest BCUT2D eigenvalue weighted by Crippen LogP contribution is -1.88. The summed E-state index contributed by atoms with van der Waals surface area (Å²) in [7, 11) is 0. The molecular weight excluding hydrogens is 294 g/mol. The molecule has 82 valence electrons. The van der Waals surface area contributed by atoms with Gasteiger partial charge in [0.2, 0.25) is 0 Å². The number of alkyl halides is 1. The Morgan fingerprint density at radius 3 is 2.62 bits per heavy atom. The number of nitro groups is 1. The Labute approximate surface area is 104 Å². The summed E-state index contributed by atoms with van der Waals surface area (Å²) in [5, 5.41) is 15.2. The molecular formula is C9H6BrN3O2S. The van der Waals surface area contributed by atoms with E-state index in [2.05, 4.69) is 25.5 Å². The Morgan fingerprint density at radius 1 is 1.38 bits per heavy atom. The SMILES string of the molecule is O=[N+]([O-])c1ccc(-c2nnsc2CBr)cc1. The number of non-ortho nitro benzene ring substituents is 1. The molecule has 0 bridgehead atoms. The van der Waals surface area contributed by atoms with Gasteiger partial charge in [-0.25, -0.2) is 0 Å². The van der Waals surface area contributed by atoms with E-state index < -0.39 is 4.92 Å². The largest absolute Gasteiger partial charge is 0.269 e. The maximum absolute atomic E-state index is 10.5. The van der Waals surface area contributed by atoms with Crippen molar-refractivity contribution in [2.24, 2.45) is 0 Å². The molecule has 16 heavy (non-hydrogen) atoms. The fourth-order valence-corrected chi connectivity index (χ4v) is 2.34. The minimum absolute atomic E-state index is 0.0762. The first-order valence-corrected chi connectivity index (χ1v) is 6.24. The van der Waals surface area contributed by atoms with Gasteiger partial charge < -0.3 is 0 Å². The number of hydrogen-bond acceptors (Lipinski definition) is 5. The van der Waals surface area contributed by atoms with Crippen LogP contribution in [0.4, 0.5) is 5.69 Å². The van der Waals surface area contributed by atoms with Gasteiger partial charge in [-0.1, -0.05) is 20.4 Å². The van der Waals surface area contributed by atoms with Crippen LogP contribution in [0.15, 0.2) is 24.3 Å². The molecule has 0 fully saturated rings. The summed E-state index contributed by atoms with van der Waals surface area (Å²) in [6, 6.07) is 6.29. The minimum atomic E-state index is -0.422. The monoisotopic (exact) mass is 299 g/mol. The molecule has 0 aliphatic carbocycles. The van der Waals surface area contributed by atoms with E-state index >= 15 is 0 Å². The van der Waals surface area contributed by atoms with E-state index in [0.29, 0.717) is 5.33 Å². The molecule has 0 amide bonds. The van der Waals surface area contributed by atoms with Crippen molar-refractivity contribution >= 4 is 33.1 Å². The zero-order chi connectivity index (χ0) is 11.5. The summed E-state index contributed by atoms with van der Waals surface area (Å²) in [6.07, 6.45) is 0. The van der Waals surface area contributed by atoms with Crippen LogP contribution < -0.4 is 0 Å². The highest BCUT2D eigenvalue weighted by molar-refractivity contribution is 9.08. The average molecular weight is 300 g/mol. The quantitative estimate of drug-likeness (QED) is 0.496. The standard InChI is InChI=1S/C9H6BrN3O2S/c10-5-8-9(11-12-16-8)6-1-3-7(4-2-6)13(14)15/h1-4H,5H2. The third-order valence-corrected chi connectivity index (χ3v) is 3.68. The van der Waals surface area contributed by atoms with E-state index in [-0.39, 0.29) is 5.69 Å². The second-order valence-corrected chi connectivity index (χ2v) is 4.38. The minimum Gasteiger partial charge on any atom is -0.258 e. The maximum Gasteiger partial charge on any atom is 0.269 e. The summed E-state index contributed by atoms with van der Waals surface area (Å²) in [5.41, 5.74) is 1.69. The zero-order valence-corrected chi connectivity index (χ0v) is 10.4. The normalized spacial score (nSPS) is 10.3. The third-order valence-electron chi connectivity index (χ3n) is 2.03. The highest BCUT2D eigenvalue weighted by Crippen LogP contribution is 2.27. The van der Waals surface area contributed by atoms with E-state index in [9.17, 15) is 10.1 Å². The Kier molecular flexibility index (Phi) is 3.25. The smallest absolute Gasteiger partial charge is 0.258 e. The van der Waals surface area contributed by atoms with Crippen LogP contribution in [-0.4, -0.2) is 14.5 Å². The molecule has 7 heteroatoms. The fourth-order valence-electron chi connectivity index (χ4n) is 1.26. The van der Waals surface area contributed by atoms with Crippen LogP contribution in [0.3, 0.4) is 0 Å². The van der Waals surface area contributed by atoms with Gasteiger partial charge in [0.05, 0.1) is 9.80 Å². The van der Waals surface area contributed by atoms with Crippen molar-refractivity contribution in [1.29, 1.82) is 0 Å². The Morgan fingerprint density at radius 2 is 2.06 bits per heavy atom. The van der Waals surface area contributed by atoms with Gasteiger partial charge in [-0.3, -0.25) is 10.1 Å². The van der Waals surface area contributed by atoms with Crippen LogP contribution in [0.5, 0.6) is 0 Å². The molecule has 0 N–H and O–H groups in total. The highest BCUT2D eigenvalue weighted by atomic mass is 79.9. The van der Waals surface area contributed by atoms with Gasteiger partial charge in [0, 0.05) is 23.0 Å². The molecule has 0 radical (unpaired) electrons. The highest BCUT2D eigenvalue weighted by Gasteiger charge is 2.11. The van der Waals surface area contributed by atoms with Crippen molar-refractivity contribution in [3.8, 4) is 11.3 Å². The predicted molar refractivity (Wildman–Crippen MR) is 64.6 cm³/mol. The molecule has 0 aliphatic rings. The fraction of sp³-hybridized carbons (Fsp3) is 0.111. The van der Waals surface area contributed by atoms with Crippen LogP contribution in [-0.2, 0) is 5.33 Å². The molecule has 5 nitrogen and oxygen atoms in total. The van der Waals surface area contributed by atoms with E-state index in [1.807, 2.05) is 0 Å². The Hall–Kier alpha value is -1.34. The van der Waals surface area contributed by atoms with Gasteiger partial charge in [0.1, 0.15) is 5.69 Å². The summed E-state index contributed by atoms with van der Waals surface area (Å²) in [5.74, 6) is 0. The predicted octanol–water partition coefficient (Wildman–Crippen LogP) is 3.01. The number of aromatic nitrogens is 2. The summed E-state index contributed by atoms with van der Waals surface area (Å²) < 4.78 is 3.85. The van der Waals surface area contributed by atoms with E-state index in [4.69, 9.17) is 0 Å². The lowest BCUT2D eigenvalue weighted by molar-refractivity contribution is -0.384. The van der Waals surface area contributed by atoms with Crippen molar-refractivity contribution in [2.75, 3.05) is 0 Å². The molecule has 0 atom stereocenters. The summed E-state index contributed by atoms with van der Waals surface area (Å²) in [6.45, 7) is 0. The lowest BCUT2D eigenvalue weighted by atomic mass is 10.1. The van der Waals surface area contributed by atoms with Crippen molar-refractivity contribution in [2.45, 2.75) is 5.33 Å². The topological polar surface area (TPSA) is 68.9 Å². The van der Waals surface area contributed by atoms with Gasteiger partial charge in [-0.2, -0.15) is 0 Å². The molecule has 1 aromatic carbocycles. The van der Waals surface area contributed by atoms with E-state index in [1.165, 1.54) is 23.7 Å². The van der Waals surface area contributed by atoms with Crippen molar-refractivity contribution < 1.29 is 4.92 Å². The van der Waals surface area contributed by atoms with Crippen molar-refractivity contribution in [3.63, 3.8) is 0 Å². The molecule has 0 aliphatic heterocycles. The van der Waals surface area contributed by atoms with Gasteiger partial charge in [-0.15, -0.1) is 5.10 Å². The van der Waals surface area contributed by atoms with Gasteiger partial charge >= 0.3 is 0 Å². The summed E-state index contributed by atoms with van der Waals surface area (Å²) in [4.78, 5) is 11.1.